The number of nitrogens with one attached hydrogen (secondary N) is 1. The first kappa shape index (κ1) is 16.7. The summed E-state index contributed by atoms with van der Waals surface area (Å²) >= 11 is 0. The Morgan fingerprint density at radius 1 is 1.45 bits per heavy atom. The second-order valence-corrected chi connectivity index (χ2v) is 6.37. The molecule has 0 radical (unpaired) electrons. The molecule has 0 aliphatic carbocycles. The van der Waals surface area contributed by atoms with Crippen LogP contribution < -0.4 is 10.2 Å². The Bertz CT molecular complexity index is 491. The van der Waals surface area contributed by atoms with Gasteiger partial charge in [0.05, 0.1) is 0 Å². The average molecular weight is 305 g/mol. The monoisotopic (exact) mass is 305 g/mol. The smallest absolute Gasteiger partial charge is 0.270 e. The minimum Gasteiger partial charge on any atom is -0.356 e. The number of carbonyl (C=O) groups excluding carboxylic acids is 1. The first-order valence-electron chi connectivity index (χ1n) is 8.06. The van der Waals surface area contributed by atoms with Gasteiger partial charge in [0.2, 0.25) is 0 Å². The zero-order valence-electron chi connectivity index (χ0n) is 13.9. The highest BCUT2D eigenvalue weighted by Crippen LogP contribution is 2.21. The maximum absolute atomic E-state index is 12.2. The molecule has 0 saturated carbocycles. The predicted octanol–water partition coefficient (Wildman–Crippen LogP) is 1.39. The summed E-state index contributed by atoms with van der Waals surface area (Å²) in [6.45, 7) is 5.88. The zero-order chi connectivity index (χ0) is 15.9. The van der Waals surface area contributed by atoms with Gasteiger partial charge in [0.1, 0.15) is 17.8 Å². The molecule has 1 N–H and O–H groups in total. The number of nitrogens with zero attached hydrogens (tertiary/aromatic N) is 4. The van der Waals surface area contributed by atoms with E-state index in [4.69, 9.17) is 0 Å². The molecule has 1 unspecified atom stereocenters. The minimum absolute atomic E-state index is 0.118. The van der Waals surface area contributed by atoms with Gasteiger partial charge in [-0.3, -0.25) is 4.79 Å². The van der Waals surface area contributed by atoms with Crippen LogP contribution in [-0.4, -0.2) is 61.0 Å². The number of hydrogen-bond donors (Lipinski definition) is 1. The van der Waals surface area contributed by atoms with E-state index in [1.165, 1.54) is 19.2 Å². The lowest BCUT2D eigenvalue weighted by molar-refractivity contribution is 0.0947. The number of anilines is 1. The van der Waals surface area contributed by atoms with E-state index in [9.17, 15) is 4.79 Å². The number of amides is 1. The van der Waals surface area contributed by atoms with Crippen LogP contribution in [0.15, 0.2) is 12.4 Å². The first-order valence-corrected chi connectivity index (χ1v) is 8.06. The van der Waals surface area contributed by atoms with E-state index in [0.29, 0.717) is 18.2 Å². The average Bonchev–Trinajstić information content (AvgIpc) is 2.51. The summed E-state index contributed by atoms with van der Waals surface area (Å²) in [5.74, 6) is 1.42. The maximum atomic E-state index is 12.2. The molecule has 0 spiro atoms. The topological polar surface area (TPSA) is 61.4 Å². The fourth-order valence-corrected chi connectivity index (χ4v) is 2.73. The lowest BCUT2D eigenvalue weighted by atomic mass is 10.0. The van der Waals surface area contributed by atoms with Crippen LogP contribution in [-0.2, 0) is 0 Å². The number of carbonyl (C=O) groups is 1. The van der Waals surface area contributed by atoms with Crippen molar-refractivity contribution in [3.63, 3.8) is 0 Å². The van der Waals surface area contributed by atoms with Gasteiger partial charge in [-0.05, 0) is 45.8 Å². The zero-order valence-corrected chi connectivity index (χ0v) is 13.9. The van der Waals surface area contributed by atoms with Gasteiger partial charge in [0.25, 0.3) is 5.91 Å². The largest absolute Gasteiger partial charge is 0.356 e. The highest BCUT2D eigenvalue weighted by molar-refractivity contribution is 5.92. The molecule has 1 aromatic heterocycles. The lowest BCUT2D eigenvalue weighted by Crippen LogP contribution is -2.35. The molecule has 2 heterocycles. The third-order valence-corrected chi connectivity index (χ3v) is 3.93. The predicted molar refractivity (Wildman–Crippen MR) is 88.1 cm³/mol. The Balaban J connectivity index is 1.91. The lowest BCUT2D eigenvalue weighted by Gasteiger charge is -2.31. The number of aromatic nitrogens is 2. The minimum atomic E-state index is -0.118. The van der Waals surface area contributed by atoms with Crippen molar-refractivity contribution in [3.8, 4) is 0 Å². The van der Waals surface area contributed by atoms with Crippen LogP contribution in [0, 0.1) is 5.92 Å². The highest BCUT2D eigenvalue weighted by Gasteiger charge is 2.19. The summed E-state index contributed by atoms with van der Waals surface area (Å²) < 4.78 is 0. The van der Waals surface area contributed by atoms with Gasteiger partial charge in [0.15, 0.2) is 0 Å². The highest BCUT2D eigenvalue weighted by atomic mass is 16.1. The standard InChI is InChI=1S/C16H27N5O/c1-13-6-4-9-21(11-13)15-10-14(18-12-19-15)16(22)17-7-5-8-20(2)3/h10,12-13H,4-9,11H2,1-3H3,(H,17,22). The van der Waals surface area contributed by atoms with Crippen LogP contribution in [0.25, 0.3) is 0 Å². The van der Waals surface area contributed by atoms with Crippen molar-refractivity contribution >= 4 is 11.7 Å². The van der Waals surface area contributed by atoms with Gasteiger partial charge in [-0.2, -0.15) is 0 Å². The Morgan fingerprint density at radius 3 is 3.00 bits per heavy atom. The van der Waals surface area contributed by atoms with Crippen LogP contribution in [0.4, 0.5) is 5.82 Å². The molecule has 122 valence electrons. The van der Waals surface area contributed by atoms with E-state index in [-0.39, 0.29) is 5.91 Å². The van der Waals surface area contributed by atoms with E-state index >= 15 is 0 Å². The molecule has 0 aromatic carbocycles. The van der Waals surface area contributed by atoms with E-state index in [1.807, 2.05) is 14.1 Å². The van der Waals surface area contributed by atoms with Crippen molar-refractivity contribution in [2.45, 2.75) is 26.2 Å². The quantitative estimate of drug-likeness (QED) is 0.805. The van der Waals surface area contributed by atoms with Crippen LogP contribution in [0.2, 0.25) is 0 Å². The molecule has 1 fully saturated rings. The van der Waals surface area contributed by atoms with Gasteiger partial charge < -0.3 is 15.1 Å². The van der Waals surface area contributed by atoms with Crippen molar-refractivity contribution < 1.29 is 4.79 Å². The van der Waals surface area contributed by atoms with Crippen molar-refractivity contribution in [3.05, 3.63) is 18.1 Å². The van der Waals surface area contributed by atoms with Gasteiger partial charge in [-0.15, -0.1) is 0 Å². The maximum Gasteiger partial charge on any atom is 0.270 e. The Kier molecular flexibility index (Phi) is 6.12. The molecule has 0 bridgehead atoms. The summed E-state index contributed by atoms with van der Waals surface area (Å²) in [6.07, 6.45) is 4.86. The van der Waals surface area contributed by atoms with Crippen molar-refractivity contribution in [2.24, 2.45) is 5.92 Å². The number of piperidine rings is 1. The molecule has 22 heavy (non-hydrogen) atoms. The van der Waals surface area contributed by atoms with Gasteiger partial charge in [-0.25, -0.2) is 9.97 Å². The Hall–Kier alpha value is -1.69. The van der Waals surface area contributed by atoms with Crippen LogP contribution in [0.5, 0.6) is 0 Å². The Morgan fingerprint density at radius 2 is 2.27 bits per heavy atom. The van der Waals surface area contributed by atoms with Crippen molar-refractivity contribution in [2.75, 3.05) is 45.2 Å². The molecule has 1 amide bonds. The molecular formula is C16H27N5O. The summed E-state index contributed by atoms with van der Waals surface area (Å²) in [4.78, 5) is 24.9. The fraction of sp³-hybridized carbons (Fsp3) is 0.688. The second-order valence-electron chi connectivity index (χ2n) is 6.37. The van der Waals surface area contributed by atoms with Gasteiger partial charge >= 0.3 is 0 Å². The normalized spacial score (nSPS) is 18.5. The van der Waals surface area contributed by atoms with E-state index in [1.54, 1.807) is 6.07 Å². The number of hydrogen-bond acceptors (Lipinski definition) is 5. The summed E-state index contributed by atoms with van der Waals surface area (Å²) in [5, 5.41) is 2.92. The molecule has 1 aliphatic heterocycles. The first-order chi connectivity index (χ1) is 10.6. The summed E-state index contributed by atoms with van der Waals surface area (Å²) in [5.41, 5.74) is 0.452. The van der Waals surface area contributed by atoms with Crippen molar-refractivity contribution in [1.29, 1.82) is 0 Å². The molecular weight excluding hydrogens is 278 g/mol. The van der Waals surface area contributed by atoms with Gasteiger partial charge in [-0.1, -0.05) is 6.92 Å². The molecule has 1 atom stereocenters. The third kappa shape index (κ3) is 4.94. The molecule has 1 saturated heterocycles. The molecule has 6 heteroatoms. The van der Waals surface area contributed by atoms with Crippen LogP contribution in [0.3, 0.4) is 0 Å². The number of rotatable bonds is 6. The molecule has 2 rings (SSSR count). The second kappa shape index (κ2) is 8.08. The van der Waals surface area contributed by atoms with Crippen LogP contribution >= 0.6 is 0 Å². The summed E-state index contributed by atoms with van der Waals surface area (Å²) in [7, 11) is 4.05. The SMILES string of the molecule is CC1CCCN(c2cc(C(=O)NCCCN(C)C)ncn2)C1. The van der Waals surface area contributed by atoms with Crippen LogP contribution in [0.1, 0.15) is 36.7 Å². The van der Waals surface area contributed by atoms with E-state index in [0.717, 1.165) is 31.9 Å². The summed E-state index contributed by atoms with van der Waals surface area (Å²) in [6, 6.07) is 1.80. The van der Waals surface area contributed by atoms with E-state index < -0.39 is 0 Å². The van der Waals surface area contributed by atoms with Gasteiger partial charge in [0, 0.05) is 25.7 Å². The molecule has 1 aromatic rings. The molecule has 1 aliphatic rings. The van der Waals surface area contributed by atoms with Crippen molar-refractivity contribution in [1.82, 2.24) is 20.2 Å². The molecule has 6 nitrogen and oxygen atoms in total. The third-order valence-electron chi connectivity index (χ3n) is 3.93. The fourth-order valence-electron chi connectivity index (χ4n) is 2.73. The van der Waals surface area contributed by atoms with E-state index in [2.05, 4.69) is 32.0 Å². The Labute approximate surface area is 132 Å².